The number of morpholine rings is 1. The molecule has 32 heavy (non-hydrogen) atoms. The third-order valence-corrected chi connectivity index (χ3v) is 6.93. The van der Waals surface area contributed by atoms with Gasteiger partial charge in [-0.05, 0) is 65.0 Å². The van der Waals surface area contributed by atoms with E-state index in [0.29, 0.717) is 24.8 Å². The molecule has 0 N–H and O–H groups in total. The molecule has 2 aromatic heterocycles. The molecule has 164 valence electrons. The van der Waals surface area contributed by atoms with Gasteiger partial charge in [0.25, 0.3) is 0 Å². The number of aromatic nitrogens is 3. The van der Waals surface area contributed by atoms with Gasteiger partial charge in [0.1, 0.15) is 28.5 Å². The summed E-state index contributed by atoms with van der Waals surface area (Å²) in [5.74, 6) is 0.412. The van der Waals surface area contributed by atoms with Crippen molar-refractivity contribution in [3.8, 4) is 5.69 Å². The SMILES string of the molecule is Fc1ccc(F)c2c(-n3c(CC4CC4)nc4c(Br)cc(N5CCOCC5)cc43)ccnc12. The zero-order valence-electron chi connectivity index (χ0n) is 17.3. The number of hydrogen-bond donors (Lipinski definition) is 0. The molecule has 1 aliphatic heterocycles. The predicted octanol–water partition coefficient (Wildman–Crippen LogP) is 5.40. The summed E-state index contributed by atoms with van der Waals surface area (Å²) >= 11 is 3.71. The molecule has 1 aliphatic carbocycles. The highest BCUT2D eigenvalue weighted by Gasteiger charge is 2.27. The van der Waals surface area contributed by atoms with Gasteiger partial charge in [0.2, 0.25) is 0 Å². The second-order valence-corrected chi connectivity index (χ2v) is 9.34. The smallest absolute Gasteiger partial charge is 0.149 e. The number of imidazole rings is 1. The van der Waals surface area contributed by atoms with Crippen LogP contribution in [0.4, 0.5) is 14.5 Å². The molecule has 1 saturated carbocycles. The van der Waals surface area contributed by atoms with Crippen LogP contribution in [0.15, 0.2) is 41.0 Å². The van der Waals surface area contributed by atoms with Gasteiger partial charge in [0.05, 0.1) is 29.8 Å². The lowest BCUT2D eigenvalue weighted by molar-refractivity contribution is 0.122. The molecule has 4 aromatic rings. The van der Waals surface area contributed by atoms with Crippen LogP contribution < -0.4 is 4.90 Å². The van der Waals surface area contributed by atoms with Crippen molar-refractivity contribution in [2.45, 2.75) is 19.3 Å². The van der Waals surface area contributed by atoms with E-state index in [4.69, 9.17) is 9.72 Å². The van der Waals surface area contributed by atoms with Gasteiger partial charge in [-0.15, -0.1) is 0 Å². The van der Waals surface area contributed by atoms with Crippen molar-refractivity contribution in [1.82, 2.24) is 14.5 Å². The van der Waals surface area contributed by atoms with Gasteiger partial charge in [-0.25, -0.2) is 13.8 Å². The molecular weight excluding hydrogens is 478 g/mol. The molecule has 0 atom stereocenters. The van der Waals surface area contributed by atoms with Crippen molar-refractivity contribution < 1.29 is 13.5 Å². The second kappa shape index (κ2) is 7.78. The van der Waals surface area contributed by atoms with Crippen LogP contribution in [0, 0.1) is 17.6 Å². The molecule has 1 saturated heterocycles. The predicted molar refractivity (Wildman–Crippen MR) is 123 cm³/mol. The largest absolute Gasteiger partial charge is 0.378 e. The normalized spacial score (nSPS) is 16.9. The summed E-state index contributed by atoms with van der Waals surface area (Å²) < 4.78 is 37.9. The Hall–Kier alpha value is -2.58. The van der Waals surface area contributed by atoms with E-state index in [-0.39, 0.29) is 10.9 Å². The Morgan fingerprint density at radius 3 is 2.59 bits per heavy atom. The zero-order valence-corrected chi connectivity index (χ0v) is 18.9. The number of fused-ring (bicyclic) bond motifs is 2. The van der Waals surface area contributed by atoms with Crippen molar-refractivity contribution in [2.24, 2.45) is 5.92 Å². The number of ether oxygens (including phenoxy) is 1. The molecule has 0 unspecified atom stereocenters. The average molecular weight is 499 g/mol. The molecular formula is C24H21BrF2N4O. The minimum absolute atomic E-state index is 0.0325. The van der Waals surface area contributed by atoms with Crippen molar-refractivity contribution in [2.75, 3.05) is 31.2 Å². The number of hydrogen-bond acceptors (Lipinski definition) is 4. The molecule has 2 aliphatic rings. The maximum atomic E-state index is 15.0. The Kier molecular flexibility index (Phi) is 4.87. The van der Waals surface area contributed by atoms with E-state index in [1.54, 1.807) is 6.07 Å². The summed E-state index contributed by atoms with van der Waals surface area (Å²) in [7, 11) is 0. The number of nitrogens with zero attached hydrogens (tertiary/aromatic N) is 4. The van der Waals surface area contributed by atoms with E-state index >= 15 is 4.39 Å². The average Bonchev–Trinajstić information content (AvgIpc) is 3.55. The highest BCUT2D eigenvalue weighted by atomic mass is 79.9. The Morgan fingerprint density at radius 2 is 1.81 bits per heavy atom. The summed E-state index contributed by atoms with van der Waals surface area (Å²) in [4.78, 5) is 11.3. The van der Waals surface area contributed by atoms with Crippen LogP contribution in [0.2, 0.25) is 0 Å². The Bertz CT molecular complexity index is 1350. The van der Waals surface area contributed by atoms with E-state index in [1.807, 2.05) is 4.57 Å². The highest BCUT2D eigenvalue weighted by Crippen LogP contribution is 2.38. The van der Waals surface area contributed by atoms with Crippen molar-refractivity contribution >= 4 is 43.6 Å². The number of rotatable bonds is 4. The molecule has 0 amide bonds. The third-order valence-electron chi connectivity index (χ3n) is 6.32. The van der Waals surface area contributed by atoms with Gasteiger partial charge in [-0.2, -0.15) is 0 Å². The van der Waals surface area contributed by atoms with Crippen molar-refractivity contribution in [3.63, 3.8) is 0 Å². The van der Waals surface area contributed by atoms with Crippen LogP contribution in [0.25, 0.3) is 27.6 Å². The topological polar surface area (TPSA) is 43.2 Å². The first-order valence-corrected chi connectivity index (χ1v) is 11.7. The van der Waals surface area contributed by atoms with Gasteiger partial charge in [0, 0.05) is 35.9 Å². The summed E-state index contributed by atoms with van der Waals surface area (Å²) in [5, 5.41) is 0.178. The third kappa shape index (κ3) is 3.36. The monoisotopic (exact) mass is 498 g/mol. The maximum Gasteiger partial charge on any atom is 0.149 e. The second-order valence-electron chi connectivity index (χ2n) is 8.49. The first-order chi connectivity index (χ1) is 15.6. The summed E-state index contributed by atoms with van der Waals surface area (Å²) in [6.45, 7) is 2.97. The van der Waals surface area contributed by atoms with Crippen LogP contribution in [-0.2, 0) is 11.2 Å². The molecule has 0 bridgehead atoms. The summed E-state index contributed by atoms with van der Waals surface area (Å²) in [6.07, 6.45) is 4.68. The van der Waals surface area contributed by atoms with Crippen LogP contribution in [0.1, 0.15) is 18.7 Å². The fraction of sp³-hybridized carbons (Fsp3) is 0.333. The first kappa shape index (κ1) is 20.1. The number of halogens is 3. The number of pyridine rings is 1. The zero-order chi connectivity index (χ0) is 21.8. The van der Waals surface area contributed by atoms with E-state index in [0.717, 1.165) is 58.7 Å². The van der Waals surface area contributed by atoms with Crippen LogP contribution >= 0.6 is 15.9 Å². The molecule has 6 rings (SSSR count). The molecule has 8 heteroatoms. The minimum atomic E-state index is -0.536. The maximum absolute atomic E-state index is 15.0. The molecule has 3 heterocycles. The fourth-order valence-corrected chi connectivity index (χ4v) is 5.05. The van der Waals surface area contributed by atoms with Crippen LogP contribution in [0.3, 0.4) is 0 Å². The van der Waals surface area contributed by atoms with Gasteiger partial charge in [-0.1, -0.05) is 0 Å². The standard InChI is InChI=1S/C24H21BrF2N4O/c25-16-12-15(30-7-9-32-10-8-30)13-20-23(16)29-21(11-14-1-2-14)31(20)19-5-6-28-24-18(27)4-3-17(26)22(19)24/h3-6,12-14H,1-2,7-11H2. The summed E-state index contributed by atoms with van der Waals surface area (Å²) in [5.41, 5.74) is 3.34. The Morgan fingerprint density at radius 1 is 1.03 bits per heavy atom. The Labute approximate surface area is 192 Å². The molecule has 2 fully saturated rings. The molecule has 5 nitrogen and oxygen atoms in total. The fourth-order valence-electron chi connectivity index (χ4n) is 4.52. The number of anilines is 1. The van der Waals surface area contributed by atoms with E-state index in [9.17, 15) is 4.39 Å². The van der Waals surface area contributed by atoms with E-state index in [1.165, 1.54) is 19.0 Å². The minimum Gasteiger partial charge on any atom is -0.378 e. The van der Waals surface area contributed by atoms with Crippen LogP contribution in [0.5, 0.6) is 0 Å². The van der Waals surface area contributed by atoms with Crippen molar-refractivity contribution in [1.29, 1.82) is 0 Å². The van der Waals surface area contributed by atoms with Gasteiger partial charge in [0.15, 0.2) is 0 Å². The lowest BCUT2D eigenvalue weighted by Gasteiger charge is -2.29. The lowest BCUT2D eigenvalue weighted by Crippen LogP contribution is -2.36. The highest BCUT2D eigenvalue weighted by molar-refractivity contribution is 9.10. The van der Waals surface area contributed by atoms with Gasteiger partial charge in [-0.3, -0.25) is 9.55 Å². The van der Waals surface area contributed by atoms with Gasteiger partial charge < -0.3 is 9.64 Å². The number of benzene rings is 2. The van der Waals surface area contributed by atoms with E-state index in [2.05, 4.69) is 37.9 Å². The quantitative estimate of drug-likeness (QED) is 0.377. The molecule has 2 aromatic carbocycles. The van der Waals surface area contributed by atoms with Gasteiger partial charge >= 0.3 is 0 Å². The van der Waals surface area contributed by atoms with E-state index < -0.39 is 11.6 Å². The first-order valence-electron chi connectivity index (χ1n) is 10.9. The molecule has 0 spiro atoms. The van der Waals surface area contributed by atoms with Crippen molar-refractivity contribution in [3.05, 3.63) is 58.5 Å². The lowest BCUT2D eigenvalue weighted by atomic mass is 10.1. The molecule has 0 radical (unpaired) electrons. The summed E-state index contributed by atoms with van der Waals surface area (Å²) in [6, 6.07) is 8.21. The Balaban J connectivity index is 1.63. The van der Waals surface area contributed by atoms with Crippen LogP contribution in [-0.4, -0.2) is 40.8 Å².